The summed E-state index contributed by atoms with van der Waals surface area (Å²) in [5, 5.41) is 0. The third-order valence-electron chi connectivity index (χ3n) is 3.52. The third-order valence-corrected chi connectivity index (χ3v) is 3.52. The summed E-state index contributed by atoms with van der Waals surface area (Å²) in [4.78, 5) is 12.3. The van der Waals surface area contributed by atoms with Gasteiger partial charge in [-0.25, -0.2) is 8.78 Å². The molecule has 2 nitrogen and oxygen atoms in total. The Morgan fingerprint density at radius 3 is 2.71 bits per heavy atom. The molecule has 0 unspecified atom stereocenters. The highest BCUT2D eigenvalue weighted by Gasteiger charge is 2.30. The van der Waals surface area contributed by atoms with Crippen molar-refractivity contribution in [2.24, 2.45) is 0 Å². The second kappa shape index (κ2) is 4.65. The lowest BCUT2D eigenvalue weighted by Gasteiger charge is -2.16. The van der Waals surface area contributed by atoms with Gasteiger partial charge in [-0.15, -0.1) is 0 Å². The van der Waals surface area contributed by atoms with E-state index in [1.165, 1.54) is 12.1 Å². The fourth-order valence-corrected chi connectivity index (χ4v) is 2.59. The topological polar surface area (TPSA) is 26.3 Å². The molecule has 4 heteroatoms. The van der Waals surface area contributed by atoms with Gasteiger partial charge in [0.25, 0.3) is 0 Å². The number of benzene rings is 2. The first-order chi connectivity index (χ1) is 9.87. The molecular weight excluding hydrogens is 274 g/mol. The Morgan fingerprint density at radius 2 is 1.95 bits per heavy atom. The fourth-order valence-electron chi connectivity index (χ4n) is 2.59. The second-order valence-corrected chi connectivity index (χ2v) is 5.79. The largest absolute Gasteiger partial charge is 0.487 e. The van der Waals surface area contributed by atoms with Gasteiger partial charge in [0.1, 0.15) is 11.4 Å². The van der Waals surface area contributed by atoms with Crippen LogP contribution in [0.4, 0.5) is 8.78 Å². The van der Waals surface area contributed by atoms with Gasteiger partial charge in [-0.2, -0.15) is 0 Å². The van der Waals surface area contributed by atoms with Gasteiger partial charge in [-0.3, -0.25) is 4.79 Å². The van der Waals surface area contributed by atoms with Crippen LogP contribution >= 0.6 is 0 Å². The molecule has 1 heterocycles. The summed E-state index contributed by atoms with van der Waals surface area (Å²) in [6, 6.07) is 8.57. The summed E-state index contributed by atoms with van der Waals surface area (Å²) in [7, 11) is 0. The smallest absolute Gasteiger partial charge is 0.196 e. The maximum Gasteiger partial charge on any atom is 0.196 e. The number of halogens is 2. The zero-order valence-corrected chi connectivity index (χ0v) is 11.7. The normalized spacial score (nSPS) is 15.4. The average molecular weight is 288 g/mol. The fraction of sp³-hybridized carbons (Fsp3) is 0.235. The van der Waals surface area contributed by atoms with Gasteiger partial charge in [0.15, 0.2) is 17.4 Å². The molecule has 0 aliphatic carbocycles. The van der Waals surface area contributed by atoms with Crippen molar-refractivity contribution in [2.45, 2.75) is 25.9 Å². The first kappa shape index (κ1) is 13.7. The minimum atomic E-state index is -1.11. The van der Waals surface area contributed by atoms with E-state index in [1.807, 2.05) is 13.8 Å². The first-order valence-corrected chi connectivity index (χ1v) is 6.68. The Balaban J connectivity index is 1.99. The van der Waals surface area contributed by atoms with E-state index < -0.39 is 17.4 Å². The van der Waals surface area contributed by atoms with E-state index >= 15 is 0 Å². The monoisotopic (exact) mass is 288 g/mol. The Hall–Kier alpha value is -2.23. The van der Waals surface area contributed by atoms with Gasteiger partial charge >= 0.3 is 0 Å². The Labute approximate surface area is 121 Å². The number of ketones is 1. The van der Waals surface area contributed by atoms with Crippen molar-refractivity contribution < 1.29 is 18.3 Å². The molecule has 0 N–H and O–H groups in total. The van der Waals surface area contributed by atoms with Gasteiger partial charge in [0, 0.05) is 12.0 Å². The molecule has 3 rings (SSSR count). The molecule has 0 amide bonds. The molecule has 0 bridgehead atoms. The Morgan fingerprint density at radius 1 is 1.19 bits per heavy atom. The number of rotatable bonds is 2. The summed E-state index contributed by atoms with van der Waals surface area (Å²) in [6.45, 7) is 3.92. The molecule has 0 fully saturated rings. The molecule has 0 spiro atoms. The summed E-state index contributed by atoms with van der Waals surface area (Å²) in [6.07, 6.45) is 0.676. The predicted molar refractivity (Wildman–Crippen MR) is 74.6 cm³/mol. The van der Waals surface area contributed by atoms with E-state index in [4.69, 9.17) is 4.74 Å². The van der Waals surface area contributed by atoms with E-state index in [0.29, 0.717) is 12.0 Å². The van der Waals surface area contributed by atoms with Crippen LogP contribution in [0.25, 0.3) is 0 Å². The van der Waals surface area contributed by atoms with Crippen LogP contribution < -0.4 is 4.74 Å². The number of hydrogen-bond donors (Lipinski definition) is 0. The van der Waals surface area contributed by atoms with Crippen LogP contribution in [-0.2, 0) is 6.42 Å². The van der Waals surface area contributed by atoms with E-state index in [0.717, 1.165) is 17.4 Å². The van der Waals surface area contributed by atoms with E-state index in [2.05, 4.69) is 0 Å². The maximum absolute atomic E-state index is 13.7. The summed E-state index contributed by atoms with van der Waals surface area (Å²) >= 11 is 0. The lowest BCUT2D eigenvalue weighted by molar-refractivity contribution is 0.103. The van der Waals surface area contributed by atoms with Gasteiger partial charge in [0.2, 0.25) is 0 Å². The summed E-state index contributed by atoms with van der Waals surface area (Å²) in [5.41, 5.74) is 0.670. The standard InChI is InChI=1S/C17H14F2O2/c1-17(2)9-11-8-10(6-7-14(11)21-17)16(20)12-4-3-5-13(18)15(12)19/h3-8H,9H2,1-2H3. The average Bonchev–Trinajstić information content (AvgIpc) is 2.73. The molecule has 0 saturated heterocycles. The van der Waals surface area contributed by atoms with Crippen LogP contribution in [0.5, 0.6) is 5.75 Å². The zero-order valence-electron chi connectivity index (χ0n) is 11.7. The van der Waals surface area contributed by atoms with Gasteiger partial charge < -0.3 is 4.74 Å². The molecule has 108 valence electrons. The van der Waals surface area contributed by atoms with Crippen molar-refractivity contribution in [3.63, 3.8) is 0 Å². The molecule has 2 aromatic rings. The van der Waals surface area contributed by atoms with E-state index in [-0.39, 0.29) is 11.2 Å². The summed E-state index contributed by atoms with van der Waals surface area (Å²) in [5.74, 6) is -1.93. The molecule has 1 aliphatic rings. The molecule has 21 heavy (non-hydrogen) atoms. The van der Waals surface area contributed by atoms with Crippen molar-refractivity contribution >= 4 is 5.78 Å². The number of fused-ring (bicyclic) bond motifs is 1. The van der Waals surface area contributed by atoms with Crippen LogP contribution in [0.1, 0.15) is 35.3 Å². The number of ether oxygens (including phenoxy) is 1. The predicted octanol–water partition coefficient (Wildman–Crippen LogP) is 3.91. The van der Waals surface area contributed by atoms with E-state index in [9.17, 15) is 13.6 Å². The molecular formula is C17H14F2O2. The second-order valence-electron chi connectivity index (χ2n) is 5.79. The number of carbonyl (C=O) groups excluding carboxylic acids is 1. The van der Waals surface area contributed by atoms with Gasteiger partial charge in [-0.05, 0) is 49.7 Å². The molecule has 0 atom stereocenters. The molecule has 0 radical (unpaired) electrons. The van der Waals surface area contributed by atoms with Crippen molar-refractivity contribution in [3.05, 3.63) is 64.7 Å². The zero-order chi connectivity index (χ0) is 15.2. The van der Waals surface area contributed by atoms with Crippen molar-refractivity contribution in [1.82, 2.24) is 0 Å². The lowest BCUT2D eigenvalue weighted by Crippen LogP contribution is -2.24. The number of hydrogen-bond acceptors (Lipinski definition) is 2. The Kier molecular flexibility index (Phi) is 3.04. The quantitative estimate of drug-likeness (QED) is 0.783. The van der Waals surface area contributed by atoms with Crippen molar-refractivity contribution in [3.8, 4) is 5.75 Å². The van der Waals surface area contributed by atoms with Crippen molar-refractivity contribution in [2.75, 3.05) is 0 Å². The van der Waals surface area contributed by atoms with Crippen LogP contribution in [-0.4, -0.2) is 11.4 Å². The maximum atomic E-state index is 13.7. The molecule has 2 aromatic carbocycles. The van der Waals surface area contributed by atoms with Crippen molar-refractivity contribution in [1.29, 1.82) is 0 Å². The van der Waals surface area contributed by atoms with Crippen LogP contribution in [0, 0.1) is 11.6 Å². The minimum Gasteiger partial charge on any atom is -0.487 e. The SMILES string of the molecule is CC1(C)Cc2cc(C(=O)c3cccc(F)c3F)ccc2O1. The Bertz CT molecular complexity index is 736. The highest BCUT2D eigenvalue weighted by atomic mass is 19.2. The van der Waals surface area contributed by atoms with Gasteiger partial charge in [0.05, 0.1) is 5.56 Å². The minimum absolute atomic E-state index is 0.256. The van der Waals surface area contributed by atoms with Gasteiger partial charge in [-0.1, -0.05) is 6.07 Å². The van der Waals surface area contributed by atoms with Crippen LogP contribution in [0.2, 0.25) is 0 Å². The first-order valence-electron chi connectivity index (χ1n) is 6.68. The summed E-state index contributed by atoms with van der Waals surface area (Å²) < 4.78 is 32.7. The highest BCUT2D eigenvalue weighted by molar-refractivity contribution is 6.09. The number of carbonyl (C=O) groups is 1. The molecule has 0 aromatic heterocycles. The third kappa shape index (κ3) is 2.42. The van der Waals surface area contributed by atoms with E-state index in [1.54, 1.807) is 18.2 Å². The molecule has 0 saturated carbocycles. The van der Waals surface area contributed by atoms with Crippen LogP contribution in [0.3, 0.4) is 0 Å². The van der Waals surface area contributed by atoms with Crippen LogP contribution in [0.15, 0.2) is 36.4 Å². The lowest BCUT2D eigenvalue weighted by atomic mass is 9.97. The molecule has 1 aliphatic heterocycles. The highest BCUT2D eigenvalue weighted by Crippen LogP contribution is 2.35.